The number of halogens is 1. The molecule has 0 bridgehead atoms. The number of benzene rings is 1. The van der Waals surface area contributed by atoms with Gasteiger partial charge < -0.3 is 15.2 Å². The van der Waals surface area contributed by atoms with Gasteiger partial charge in [0.2, 0.25) is 0 Å². The van der Waals surface area contributed by atoms with Gasteiger partial charge in [-0.1, -0.05) is 23.8 Å². The van der Waals surface area contributed by atoms with Crippen LogP contribution in [-0.4, -0.2) is 19.2 Å². The molecular weight excluding hydrogens is 234 g/mol. The second kappa shape index (κ2) is 5.19. The first-order valence-corrected chi connectivity index (χ1v) is 5.05. The van der Waals surface area contributed by atoms with E-state index in [1.165, 1.54) is 0 Å². The predicted octanol–water partition coefficient (Wildman–Crippen LogP) is 2.19. The molecule has 0 aromatic heterocycles. The molecule has 1 aromatic rings. The summed E-state index contributed by atoms with van der Waals surface area (Å²) in [5, 5.41) is 0.568. The summed E-state index contributed by atoms with van der Waals surface area (Å²) in [5.74, 6) is 1.20. The molecule has 1 rings (SSSR count). The Balaban J connectivity index is 3.22. The number of thiocarbonyl (C=S) groups is 1. The van der Waals surface area contributed by atoms with E-state index in [9.17, 15) is 0 Å². The summed E-state index contributed by atoms with van der Waals surface area (Å²) in [6.45, 7) is 0. The fourth-order valence-corrected chi connectivity index (χ4v) is 1.71. The zero-order chi connectivity index (χ0) is 11.4. The molecule has 5 heteroatoms. The molecule has 0 atom stereocenters. The van der Waals surface area contributed by atoms with Crippen LogP contribution < -0.4 is 15.2 Å². The van der Waals surface area contributed by atoms with Crippen molar-refractivity contribution in [3.63, 3.8) is 0 Å². The van der Waals surface area contributed by atoms with Crippen molar-refractivity contribution in [2.75, 3.05) is 14.2 Å². The summed E-state index contributed by atoms with van der Waals surface area (Å²) in [7, 11) is 3.12. The Labute approximate surface area is 99.1 Å². The van der Waals surface area contributed by atoms with E-state index in [4.69, 9.17) is 39.0 Å². The molecule has 0 spiro atoms. The van der Waals surface area contributed by atoms with Crippen LogP contribution in [-0.2, 0) is 6.42 Å². The molecule has 2 N–H and O–H groups in total. The maximum Gasteiger partial charge on any atom is 0.164 e. The van der Waals surface area contributed by atoms with Gasteiger partial charge in [-0.2, -0.15) is 0 Å². The molecule has 0 saturated carbocycles. The first-order chi connectivity index (χ1) is 7.08. The number of methoxy groups -OCH3 is 2. The third kappa shape index (κ3) is 2.97. The van der Waals surface area contributed by atoms with Gasteiger partial charge in [0.15, 0.2) is 11.5 Å². The molecule has 15 heavy (non-hydrogen) atoms. The van der Waals surface area contributed by atoms with Crippen molar-refractivity contribution < 1.29 is 9.47 Å². The van der Waals surface area contributed by atoms with Crippen molar-refractivity contribution in [1.82, 2.24) is 0 Å². The highest BCUT2D eigenvalue weighted by Gasteiger charge is 2.12. The second-order valence-electron chi connectivity index (χ2n) is 2.94. The molecule has 1 aromatic carbocycles. The summed E-state index contributed by atoms with van der Waals surface area (Å²) in [4.78, 5) is 0.387. The Kier molecular flexibility index (Phi) is 4.17. The van der Waals surface area contributed by atoms with Crippen LogP contribution in [0.15, 0.2) is 12.1 Å². The van der Waals surface area contributed by atoms with E-state index >= 15 is 0 Å². The minimum Gasteiger partial charge on any atom is -0.493 e. The largest absolute Gasteiger partial charge is 0.493 e. The maximum atomic E-state index is 5.92. The molecule has 0 saturated heterocycles. The average Bonchev–Trinajstić information content (AvgIpc) is 2.15. The summed E-state index contributed by atoms with van der Waals surface area (Å²) >= 11 is 10.8. The van der Waals surface area contributed by atoms with Crippen LogP contribution in [0.25, 0.3) is 0 Å². The van der Waals surface area contributed by atoms with Crippen molar-refractivity contribution >= 4 is 28.8 Å². The van der Waals surface area contributed by atoms with Crippen molar-refractivity contribution in [3.8, 4) is 11.5 Å². The number of hydrogen-bond acceptors (Lipinski definition) is 3. The highest BCUT2D eigenvalue weighted by Crippen LogP contribution is 2.34. The van der Waals surface area contributed by atoms with Crippen LogP contribution >= 0.6 is 23.8 Å². The van der Waals surface area contributed by atoms with Crippen LogP contribution in [0.2, 0.25) is 5.02 Å². The molecular formula is C10H12ClNO2S. The molecule has 0 aliphatic heterocycles. The molecule has 0 aliphatic carbocycles. The Hall–Kier alpha value is -1.00. The van der Waals surface area contributed by atoms with Gasteiger partial charge in [0.1, 0.15) is 0 Å². The smallest absolute Gasteiger partial charge is 0.164 e. The third-order valence-electron chi connectivity index (χ3n) is 1.89. The van der Waals surface area contributed by atoms with Crippen molar-refractivity contribution in [2.45, 2.75) is 6.42 Å². The van der Waals surface area contributed by atoms with E-state index < -0.39 is 0 Å². The van der Waals surface area contributed by atoms with Crippen LogP contribution in [0.4, 0.5) is 0 Å². The van der Waals surface area contributed by atoms with E-state index in [-0.39, 0.29) is 0 Å². The SMILES string of the molecule is COc1cc(Cl)cc(CC(N)=S)c1OC. The lowest BCUT2D eigenvalue weighted by Gasteiger charge is -2.12. The fourth-order valence-electron chi connectivity index (χ4n) is 1.33. The summed E-state index contributed by atoms with van der Waals surface area (Å²) < 4.78 is 10.4. The van der Waals surface area contributed by atoms with Gasteiger partial charge in [0.05, 0.1) is 19.2 Å². The van der Waals surface area contributed by atoms with Crippen LogP contribution in [0.3, 0.4) is 0 Å². The summed E-state index contributed by atoms with van der Waals surface area (Å²) in [6.07, 6.45) is 0.440. The molecule has 0 heterocycles. The Bertz CT molecular complexity index is 382. The molecule has 0 amide bonds. The normalized spacial score (nSPS) is 9.80. The van der Waals surface area contributed by atoms with Crippen molar-refractivity contribution in [1.29, 1.82) is 0 Å². The minimum absolute atomic E-state index is 0.387. The molecule has 0 unspecified atom stereocenters. The van der Waals surface area contributed by atoms with E-state index in [2.05, 4.69) is 0 Å². The quantitative estimate of drug-likeness (QED) is 0.826. The Morgan fingerprint density at radius 2 is 2.07 bits per heavy atom. The fraction of sp³-hybridized carbons (Fsp3) is 0.300. The first kappa shape index (κ1) is 12.1. The van der Waals surface area contributed by atoms with E-state index in [0.717, 1.165) is 5.56 Å². The molecule has 0 fully saturated rings. The van der Waals surface area contributed by atoms with Gasteiger partial charge in [-0.25, -0.2) is 0 Å². The van der Waals surface area contributed by atoms with Crippen molar-refractivity contribution in [3.05, 3.63) is 22.7 Å². The van der Waals surface area contributed by atoms with Gasteiger partial charge in [0, 0.05) is 23.1 Å². The van der Waals surface area contributed by atoms with Crippen LogP contribution in [0, 0.1) is 0 Å². The standard InChI is InChI=1S/C10H12ClNO2S/c1-13-8-5-7(11)3-6(4-9(12)15)10(8)14-2/h3,5H,4H2,1-2H3,(H2,12,15). The van der Waals surface area contributed by atoms with Gasteiger partial charge >= 0.3 is 0 Å². The lowest BCUT2D eigenvalue weighted by molar-refractivity contribution is 0.352. The lowest BCUT2D eigenvalue weighted by Crippen LogP contribution is -2.12. The maximum absolute atomic E-state index is 5.92. The predicted molar refractivity (Wildman–Crippen MR) is 65.0 cm³/mol. The average molecular weight is 246 g/mol. The number of nitrogens with two attached hydrogens (primary N) is 1. The van der Waals surface area contributed by atoms with E-state index in [1.54, 1.807) is 26.4 Å². The summed E-state index contributed by atoms with van der Waals surface area (Å²) in [6, 6.07) is 3.45. The van der Waals surface area contributed by atoms with Gasteiger partial charge in [0.25, 0.3) is 0 Å². The van der Waals surface area contributed by atoms with E-state index in [0.29, 0.717) is 27.9 Å². The molecule has 82 valence electrons. The second-order valence-corrected chi connectivity index (χ2v) is 3.90. The van der Waals surface area contributed by atoms with Gasteiger partial charge in [-0.3, -0.25) is 0 Å². The molecule has 3 nitrogen and oxygen atoms in total. The monoisotopic (exact) mass is 245 g/mol. The highest BCUT2D eigenvalue weighted by molar-refractivity contribution is 7.80. The highest BCUT2D eigenvalue weighted by atomic mass is 35.5. The van der Waals surface area contributed by atoms with Crippen molar-refractivity contribution in [2.24, 2.45) is 5.73 Å². The van der Waals surface area contributed by atoms with Gasteiger partial charge in [-0.15, -0.1) is 0 Å². The number of rotatable bonds is 4. The minimum atomic E-state index is 0.387. The van der Waals surface area contributed by atoms with Crippen LogP contribution in [0.1, 0.15) is 5.56 Å². The van der Waals surface area contributed by atoms with Crippen LogP contribution in [0.5, 0.6) is 11.5 Å². The number of hydrogen-bond donors (Lipinski definition) is 1. The Morgan fingerprint density at radius 1 is 1.40 bits per heavy atom. The zero-order valence-corrected chi connectivity index (χ0v) is 10.1. The topological polar surface area (TPSA) is 44.5 Å². The summed E-state index contributed by atoms with van der Waals surface area (Å²) in [5.41, 5.74) is 6.31. The van der Waals surface area contributed by atoms with E-state index in [1.807, 2.05) is 0 Å². The molecule has 0 radical (unpaired) electrons. The lowest BCUT2D eigenvalue weighted by atomic mass is 10.1. The third-order valence-corrected chi connectivity index (χ3v) is 2.25. The molecule has 0 aliphatic rings. The van der Waals surface area contributed by atoms with Gasteiger partial charge in [-0.05, 0) is 6.07 Å². The Morgan fingerprint density at radius 3 is 2.53 bits per heavy atom. The number of ether oxygens (including phenoxy) is 2. The zero-order valence-electron chi connectivity index (χ0n) is 8.54. The first-order valence-electron chi connectivity index (χ1n) is 4.27.